The summed E-state index contributed by atoms with van der Waals surface area (Å²) >= 11 is 0. The number of aromatic nitrogens is 1. The minimum atomic E-state index is 0.187. The Morgan fingerprint density at radius 1 is 1.25 bits per heavy atom. The maximum atomic E-state index is 6.02. The summed E-state index contributed by atoms with van der Waals surface area (Å²) in [5.41, 5.74) is 1.60. The second-order valence-corrected chi connectivity index (χ2v) is 7.02. The number of likely N-dealkylation sites (tertiary alicyclic amines) is 1. The van der Waals surface area contributed by atoms with Gasteiger partial charge in [0.15, 0.2) is 0 Å². The molecule has 0 N–H and O–H groups in total. The van der Waals surface area contributed by atoms with E-state index in [-0.39, 0.29) is 6.10 Å². The lowest BCUT2D eigenvalue weighted by atomic mass is 9.76. The van der Waals surface area contributed by atoms with Crippen molar-refractivity contribution in [3.63, 3.8) is 0 Å². The Balaban J connectivity index is 1.24. The SMILES string of the molecule is c1ccc(OCC2CC3(CCN(Cc4ccoc4)CC3)CO2)nc1. The van der Waals surface area contributed by atoms with Crippen LogP contribution in [-0.4, -0.2) is 42.3 Å². The number of hydrogen-bond acceptors (Lipinski definition) is 5. The molecule has 24 heavy (non-hydrogen) atoms. The summed E-state index contributed by atoms with van der Waals surface area (Å²) in [7, 11) is 0. The normalized spacial score (nSPS) is 23.6. The van der Waals surface area contributed by atoms with Crippen LogP contribution in [0.25, 0.3) is 0 Å². The second kappa shape index (κ2) is 6.95. The highest BCUT2D eigenvalue weighted by molar-refractivity contribution is 5.09. The summed E-state index contributed by atoms with van der Waals surface area (Å²) in [5, 5.41) is 0. The van der Waals surface area contributed by atoms with E-state index in [2.05, 4.69) is 9.88 Å². The van der Waals surface area contributed by atoms with Gasteiger partial charge in [-0.25, -0.2) is 4.98 Å². The van der Waals surface area contributed by atoms with E-state index in [1.54, 1.807) is 12.5 Å². The van der Waals surface area contributed by atoms with Crippen LogP contribution in [0.15, 0.2) is 47.4 Å². The van der Waals surface area contributed by atoms with Crippen molar-refractivity contribution in [2.75, 3.05) is 26.3 Å². The quantitative estimate of drug-likeness (QED) is 0.844. The van der Waals surface area contributed by atoms with Crippen LogP contribution in [0.3, 0.4) is 0 Å². The molecule has 0 bridgehead atoms. The van der Waals surface area contributed by atoms with Gasteiger partial charge in [0.05, 0.1) is 25.2 Å². The van der Waals surface area contributed by atoms with Crippen LogP contribution in [-0.2, 0) is 11.3 Å². The molecule has 0 radical (unpaired) electrons. The third-order valence-corrected chi connectivity index (χ3v) is 5.24. The van der Waals surface area contributed by atoms with Crippen molar-refractivity contribution >= 4 is 0 Å². The molecule has 0 amide bonds. The van der Waals surface area contributed by atoms with E-state index in [0.29, 0.717) is 17.9 Å². The zero-order valence-electron chi connectivity index (χ0n) is 13.9. The van der Waals surface area contributed by atoms with Crippen molar-refractivity contribution in [2.24, 2.45) is 5.41 Å². The Morgan fingerprint density at radius 3 is 2.92 bits per heavy atom. The van der Waals surface area contributed by atoms with E-state index in [0.717, 1.165) is 32.7 Å². The molecule has 0 saturated carbocycles. The van der Waals surface area contributed by atoms with Gasteiger partial charge in [0.1, 0.15) is 6.61 Å². The molecule has 1 atom stereocenters. The Morgan fingerprint density at radius 2 is 2.17 bits per heavy atom. The van der Waals surface area contributed by atoms with Crippen molar-refractivity contribution in [3.8, 4) is 5.88 Å². The van der Waals surface area contributed by atoms with E-state index < -0.39 is 0 Å². The van der Waals surface area contributed by atoms with Gasteiger partial charge in [0.25, 0.3) is 0 Å². The standard InChI is InChI=1S/C19H24N2O3/c1-2-7-20-18(3-1)23-14-17-11-19(15-24-17)5-8-21(9-6-19)12-16-4-10-22-13-16/h1-4,7,10,13,17H,5-6,8-9,11-12,14-15H2. The van der Waals surface area contributed by atoms with Gasteiger partial charge >= 0.3 is 0 Å². The van der Waals surface area contributed by atoms with Gasteiger partial charge in [-0.3, -0.25) is 4.90 Å². The van der Waals surface area contributed by atoms with Gasteiger partial charge < -0.3 is 13.9 Å². The van der Waals surface area contributed by atoms with Gasteiger partial charge in [-0.1, -0.05) is 6.07 Å². The molecule has 4 rings (SSSR count). The highest BCUT2D eigenvalue weighted by Crippen LogP contribution is 2.42. The van der Waals surface area contributed by atoms with E-state index in [1.165, 1.54) is 18.4 Å². The first kappa shape index (κ1) is 15.7. The number of nitrogens with zero attached hydrogens (tertiary/aromatic N) is 2. The third-order valence-electron chi connectivity index (χ3n) is 5.24. The molecule has 0 aromatic carbocycles. The lowest BCUT2D eigenvalue weighted by molar-refractivity contribution is 0.0462. The largest absolute Gasteiger partial charge is 0.475 e. The van der Waals surface area contributed by atoms with Crippen LogP contribution in [0.1, 0.15) is 24.8 Å². The Labute approximate surface area is 142 Å². The molecule has 2 aromatic heterocycles. The summed E-state index contributed by atoms with van der Waals surface area (Å²) in [6.45, 7) is 4.70. The van der Waals surface area contributed by atoms with Crippen LogP contribution in [0.5, 0.6) is 5.88 Å². The number of rotatable bonds is 5. The minimum absolute atomic E-state index is 0.187. The number of piperidine rings is 1. The second-order valence-electron chi connectivity index (χ2n) is 7.02. The maximum Gasteiger partial charge on any atom is 0.213 e. The van der Waals surface area contributed by atoms with Crippen molar-refractivity contribution in [2.45, 2.75) is 31.9 Å². The van der Waals surface area contributed by atoms with Crippen LogP contribution in [0.4, 0.5) is 0 Å². The topological polar surface area (TPSA) is 47.7 Å². The van der Waals surface area contributed by atoms with Gasteiger partial charge in [-0.05, 0) is 49.9 Å². The average Bonchev–Trinajstić information content (AvgIpc) is 3.27. The highest BCUT2D eigenvalue weighted by atomic mass is 16.5. The fourth-order valence-corrected chi connectivity index (χ4v) is 3.79. The van der Waals surface area contributed by atoms with Crippen LogP contribution < -0.4 is 4.74 Å². The summed E-state index contributed by atoms with van der Waals surface area (Å²) in [5.74, 6) is 0.678. The molecule has 5 nitrogen and oxygen atoms in total. The van der Waals surface area contributed by atoms with Crippen molar-refractivity contribution in [1.82, 2.24) is 9.88 Å². The van der Waals surface area contributed by atoms with Gasteiger partial charge in [0.2, 0.25) is 5.88 Å². The lowest BCUT2D eigenvalue weighted by Crippen LogP contribution is -2.40. The first-order chi connectivity index (χ1) is 11.8. The predicted octanol–water partition coefficient (Wildman–Crippen LogP) is 3.12. The van der Waals surface area contributed by atoms with E-state index in [9.17, 15) is 0 Å². The molecular formula is C19H24N2O3. The van der Waals surface area contributed by atoms with Crippen LogP contribution in [0, 0.1) is 5.41 Å². The fourth-order valence-electron chi connectivity index (χ4n) is 3.79. The molecule has 5 heteroatoms. The summed E-state index contributed by atoms with van der Waals surface area (Å²) < 4.78 is 16.9. The van der Waals surface area contributed by atoms with Crippen molar-refractivity contribution in [3.05, 3.63) is 48.6 Å². The van der Waals surface area contributed by atoms with Gasteiger partial charge in [-0.15, -0.1) is 0 Å². The summed E-state index contributed by atoms with van der Waals surface area (Å²) in [4.78, 5) is 6.70. The summed E-state index contributed by atoms with van der Waals surface area (Å²) in [6.07, 6.45) is 9.02. The monoisotopic (exact) mass is 328 g/mol. The molecule has 128 valence electrons. The molecule has 2 fully saturated rings. The molecule has 1 spiro atoms. The molecule has 1 unspecified atom stereocenters. The smallest absolute Gasteiger partial charge is 0.213 e. The number of furan rings is 1. The molecule has 2 aliphatic heterocycles. The molecular weight excluding hydrogens is 304 g/mol. The van der Waals surface area contributed by atoms with Crippen molar-refractivity contribution < 1.29 is 13.9 Å². The van der Waals surface area contributed by atoms with Crippen LogP contribution in [0.2, 0.25) is 0 Å². The molecule has 2 saturated heterocycles. The number of pyridine rings is 1. The Hall–Kier alpha value is -1.85. The maximum absolute atomic E-state index is 6.02. The first-order valence-corrected chi connectivity index (χ1v) is 8.70. The highest BCUT2D eigenvalue weighted by Gasteiger charge is 2.42. The molecule has 2 aliphatic rings. The number of hydrogen-bond donors (Lipinski definition) is 0. The lowest BCUT2D eigenvalue weighted by Gasteiger charge is -2.38. The van der Waals surface area contributed by atoms with Gasteiger partial charge in [0, 0.05) is 24.4 Å². The molecule has 4 heterocycles. The predicted molar refractivity (Wildman–Crippen MR) is 89.7 cm³/mol. The zero-order valence-corrected chi connectivity index (χ0v) is 13.9. The fraction of sp³-hybridized carbons (Fsp3) is 0.526. The zero-order chi connectivity index (χ0) is 16.2. The average molecular weight is 328 g/mol. The third kappa shape index (κ3) is 3.62. The van der Waals surface area contributed by atoms with Crippen LogP contribution >= 0.6 is 0 Å². The number of ether oxygens (including phenoxy) is 2. The first-order valence-electron chi connectivity index (χ1n) is 8.70. The molecule has 0 aliphatic carbocycles. The minimum Gasteiger partial charge on any atom is -0.475 e. The van der Waals surface area contributed by atoms with E-state index in [1.807, 2.05) is 30.5 Å². The summed E-state index contributed by atoms with van der Waals surface area (Å²) in [6, 6.07) is 7.77. The Bertz CT molecular complexity index is 621. The Kier molecular flexibility index (Phi) is 4.54. The van der Waals surface area contributed by atoms with Crippen molar-refractivity contribution in [1.29, 1.82) is 0 Å². The van der Waals surface area contributed by atoms with E-state index >= 15 is 0 Å². The van der Waals surface area contributed by atoms with E-state index in [4.69, 9.17) is 13.9 Å². The molecule has 2 aromatic rings. The van der Waals surface area contributed by atoms with Gasteiger partial charge in [-0.2, -0.15) is 0 Å².